The van der Waals surface area contributed by atoms with E-state index in [1.807, 2.05) is 15.8 Å². The first kappa shape index (κ1) is 30.8. The number of hydrogen-bond donors (Lipinski definition) is 0. The summed E-state index contributed by atoms with van der Waals surface area (Å²) in [5.41, 5.74) is 1.12. The summed E-state index contributed by atoms with van der Waals surface area (Å²) >= 11 is 0. The van der Waals surface area contributed by atoms with E-state index < -0.39 is 16.6 Å². The average molecular weight is 538 g/mol. The first-order chi connectivity index (χ1) is 16.5. The Bertz CT molecular complexity index is 871. The van der Waals surface area contributed by atoms with Crippen LogP contribution >= 0.6 is 0 Å². The third kappa shape index (κ3) is 8.29. The maximum absolute atomic E-state index is 12.8. The van der Waals surface area contributed by atoms with Crippen molar-refractivity contribution in [3.8, 4) is 0 Å². The topological polar surface area (TPSA) is 65.8 Å². The number of carbonyl (C=O) groups is 1. The molecule has 9 heteroatoms. The van der Waals surface area contributed by atoms with Crippen LogP contribution in [0.3, 0.4) is 0 Å². The number of aromatic nitrogens is 2. The number of nitrogens with zero attached hydrogens (tertiary/aromatic N) is 3. The molecule has 2 heterocycles. The maximum atomic E-state index is 12.8. The molecular weight excluding hydrogens is 486 g/mol. The molecule has 0 unspecified atom stereocenters. The molecule has 36 heavy (non-hydrogen) atoms. The predicted molar refractivity (Wildman–Crippen MR) is 152 cm³/mol. The second kappa shape index (κ2) is 12.0. The molecule has 2 rings (SSSR count). The summed E-state index contributed by atoms with van der Waals surface area (Å²) in [6.45, 7) is 28.6. The number of ether oxygens (including phenoxy) is 1. The van der Waals surface area contributed by atoms with Crippen molar-refractivity contribution in [3.05, 3.63) is 30.6 Å². The van der Waals surface area contributed by atoms with E-state index in [9.17, 15) is 4.79 Å². The van der Waals surface area contributed by atoms with Crippen LogP contribution in [0.4, 0.5) is 4.79 Å². The molecule has 2 atom stereocenters. The van der Waals surface area contributed by atoms with Crippen LogP contribution in [-0.4, -0.2) is 69.3 Å². The summed E-state index contributed by atoms with van der Waals surface area (Å²) in [4.78, 5) is 14.7. The van der Waals surface area contributed by atoms with E-state index >= 15 is 0 Å². The number of hydrogen-bond acceptors (Lipinski definition) is 5. The van der Waals surface area contributed by atoms with E-state index in [0.717, 1.165) is 38.0 Å². The van der Waals surface area contributed by atoms with Crippen molar-refractivity contribution in [2.45, 2.75) is 116 Å². The minimum absolute atomic E-state index is 0.0229. The van der Waals surface area contributed by atoms with Gasteiger partial charge in [-0.25, -0.2) is 4.79 Å². The zero-order valence-electron chi connectivity index (χ0n) is 24.5. The molecule has 1 amide bonds. The molecule has 1 fully saturated rings. The lowest BCUT2D eigenvalue weighted by Crippen LogP contribution is -2.44. The van der Waals surface area contributed by atoms with Crippen LogP contribution in [0.25, 0.3) is 0 Å². The van der Waals surface area contributed by atoms with Crippen molar-refractivity contribution in [2.24, 2.45) is 0 Å². The van der Waals surface area contributed by atoms with Crippen molar-refractivity contribution < 1.29 is 18.4 Å². The molecule has 1 aliphatic heterocycles. The third-order valence-electron chi connectivity index (χ3n) is 8.16. The van der Waals surface area contributed by atoms with Crippen LogP contribution in [0.2, 0.25) is 36.3 Å². The highest BCUT2D eigenvalue weighted by molar-refractivity contribution is 6.74. The van der Waals surface area contributed by atoms with E-state index in [1.54, 1.807) is 6.08 Å². The zero-order valence-corrected chi connectivity index (χ0v) is 26.5. The zero-order chi connectivity index (χ0) is 27.4. The Morgan fingerprint density at radius 1 is 1.14 bits per heavy atom. The summed E-state index contributed by atoms with van der Waals surface area (Å²) in [5, 5.41) is 4.91. The van der Waals surface area contributed by atoms with Crippen LogP contribution in [0.15, 0.2) is 25.0 Å². The molecule has 1 aromatic rings. The van der Waals surface area contributed by atoms with Crippen LogP contribution in [0.1, 0.15) is 59.9 Å². The van der Waals surface area contributed by atoms with E-state index in [-0.39, 0.29) is 34.9 Å². The van der Waals surface area contributed by atoms with Gasteiger partial charge in [-0.2, -0.15) is 5.10 Å². The van der Waals surface area contributed by atoms with Gasteiger partial charge in [-0.05, 0) is 61.1 Å². The van der Waals surface area contributed by atoms with Crippen LogP contribution < -0.4 is 0 Å². The second-order valence-corrected chi connectivity index (χ2v) is 22.8. The minimum atomic E-state index is -1.94. The molecule has 0 N–H and O–H groups in total. The van der Waals surface area contributed by atoms with Gasteiger partial charge in [0, 0.05) is 31.9 Å². The van der Waals surface area contributed by atoms with E-state index in [1.165, 1.54) is 0 Å². The highest BCUT2D eigenvalue weighted by Gasteiger charge is 2.44. The minimum Gasteiger partial charge on any atom is -0.445 e. The summed E-state index contributed by atoms with van der Waals surface area (Å²) in [5.74, 6) is 0. The Hall–Kier alpha value is -1.43. The maximum Gasteiger partial charge on any atom is 0.410 e. The Balaban J connectivity index is 2.00. The Morgan fingerprint density at radius 3 is 2.36 bits per heavy atom. The van der Waals surface area contributed by atoms with E-state index in [4.69, 9.17) is 13.6 Å². The number of likely N-dealkylation sites (tertiary alicyclic amines) is 1. The summed E-state index contributed by atoms with van der Waals surface area (Å²) in [7, 11) is -3.66. The lowest BCUT2D eigenvalue weighted by molar-refractivity contribution is 0.103. The van der Waals surface area contributed by atoms with Gasteiger partial charge >= 0.3 is 6.09 Å². The number of amides is 1. The molecule has 206 valence electrons. The highest BCUT2D eigenvalue weighted by Crippen LogP contribution is 2.39. The van der Waals surface area contributed by atoms with Gasteiger partial charge in [-0.1, -0.05) is 54.2 Å². The lowest BCUT2D eigenvalue weighted by atomic mass is 10.1. The lowest BCUT2D eigenvalue weighted by Gasteiger charge is -2.38. The standard InChI is InChI=1S/C27H51N3O4Si2/c1-12-15-32-25(31)30-21-24(34-36(10,11)27(5,6)7)18-23(30)17-22-19-28-29(20-22)14-13-16-33-35(8,9)26(2,3)4/h12,19-20,23-24H,1,13-18,21H2,2-11H3/t23-,24-/m1/s1. The normalized spacial score (nSPS) is 19.6. The van der Waals surface area contributed by atoms with Gasteiger partial charge in [0.25, 0.3) is 0 Å². The number of rotatable bonds is 11. The SMILES string of the molecule is C=CCOC(=O)N1C[C@H](O[Si](C)(C)C(C)(C)C)C[C@H]1Cc1cnn(CCCO[Si](C)(C)C(C)(C)C)c1. The van der Waals surface area contributed by atoms with Crippen molar-refractivity contribution >= 4 is 22.7 Å². The van der Waals surface area contributed by atoms with Crippen LogP contribution in [0.5, 0.6) is 0 Å². The van der Waals surface area contributed by atoms with Crippen LogP contribution in [0, 0.1) is 0 Å². The van der Waals surface area contributed by atoms with Gasteiger partial charge in [0.2, 0.25) is 0 Å². The molecule has 0 saturated carbocycles. The highest BCUT2D eigenvalue weighted by atomic mass is 28.4. The quantitative estimate of drug-likeness (QED) is 0.180. The fraction of sp³-hybridized carbons (Fsp3) is 0.778. The van der Waals surface area contributed by atoms with Gasteiger partial charge in [0.15, 0.2) is 16.6 Å². The summed E-state index contributed by atoms with van der Waals surface area (Å²) < 4.78 is 20.4. The third-order valence-corrected chi connectivity index (χ3v) is 17.2. The van der Waals surface area contributed by atoms with E-state index in [0.29, 0.717) is 6.54 Å². The fourth-order valence-electron chi connectivity index (χ4n) is 3.86. The monoisotopic (exact) mass is 537 g/mol. The Morgan fingerprint density at radius 2 is 1.78 bits per heavy atom. The summed E-state index contributed by atoms with van der Waals surface area (Å²) in [6.07, 6.45) is 7.82. The molecule has 1 aliphatic rings. The molecule has 7 nitrogen and oxygen atoms in total. The van der Waals surface area contributed by atoms with Gasteiger partial charge in [0.05, 0.1) is 12.3 Å². The Kier molecular flexibility index (Phi) is 10.2. The largest absolute Gasteiger partial charge is 0.445 e. The van der Waals surface area contributed by atoms with Crippen molar-refractivity contribution in [1.82, 2.24) is 14.7 Å². The molecule has 0 bridgehead atoms. The van der Waals surface area contributed by atoms with Gasteiger partial charge in [-0.3, -0.25) is 4.68 Å². The fourth-order valence-corrected chi connectivity index (χ4v) is 6.30. The molecule has 0 spiro atoms. The molecular formula is C27H51N3O4Si2. The predicted octanol–water partition coefficient (Wildman–Crippen LogP) is 6.62. The van der Waals surface area contributed by atoms with Gasteiger partial charge < -0.3 is 18.5 Å². The number of carbonyl (C=O) groups excluding carboxylic acids is 1. The van der Waals surface area contributed by atoms with Crippen molar-refractivity contribution in [1.29, 1.82) is 0 Å². The molecule has 1 aromatic heterocycles. The smallest absolute Gasteiger partial charge is 0.410 e. The summed E-state index contributed by atoms with van der Waals surface area (Å²) in [6, 6.07) is 0.0247. The number of aryl methyl sites for hydroxylation is 1. The van der Waals surface area contributed by atoms with Gasteiger partial charge in [-0.15, -0.1) is 0 Å². The van der Waals surface area contributed by atoms with Crippen molar-refractivity contribution in [2.75, 3.05) is 19.8 Å². The molecule has 1 saturated heterocycles. The van der Waals surface area contributed by atoms with Gasteiger partial charge in [0.1, 0.15) is 6.61 Å². The average Bonchev–Trinajstić information content (AvgIpc) is 3.34. The second-order valence-electron chi connectivity index (χ2n) is 13.2. The van der Waals surface area contributed by atoms with Crippen LogP contribution in [-0.2, 0) is 26.6 Å². The van der Waals surface area contributed by atoms with Crippen molar-refractivity contribution in [3.63, 3.8) is 0 Å². The first-order valence-electron chi connectivity index (χ1n) is 13.3. The Labute approximate surface area is 221 Å². The first-order valence-corrected chi connectivity index (χ1v) is 19.2. The van der Waals surface area contributed by atoms with E-state index in [2.05, 4.69) is 85.6 Å². The molecule has 0 radical (unpaired) electrons. The molecule has 0 aromatic carbocycles. The molecule has 0 aliphatic carbocycles.